The third kappa shape index (κ3) is 4.66. The van der Waals surface area contributed by atoms with Gasteiger partial charge in [-0.05, 0) is 24.0 Å². The molecule has 0 saturated carbocycles. The van der Waals surface area contributed by atoms with Gasteiger partial charge in [0.15, 0.2) is 0 Å². The van der Waals surface area contributed by atoms with Crippen molar-refractivity contribution in [2.75, 3.05) is 19.9 Å². The predicted molar refractivity (Wildman–Crippen MR) is 68.7 cm³/mol. The number of methoxy groups -OCH3 is 1. The van der Waals surface area contributed by atoms with Crippen molar-refractivity contribution in [1.29, 1.82) is 0 Å². The Morgan fingerprint density at radius 2 is 2.29 bits per heavy atom. The number of ether oxygens (including phenoxy) is 1. The van der Waals surface area contributed by atoms with E-state index in [-0.39, 0.29) is 6.42 Å². The van der Waals surface area contributed by atoms with Crippen molar-refractivity contribution in [2.45, 2.75) is 17.9 Å². The maximum atomic E-state index is 10.3. The zero-order valence-electron chi connectivity index (χ0n) is 10.0. The number of carboxylic acid groups (broad SMARTS) is 1. The first kappa shape index (κ1) is 13.9. The van der Waals surface area contributed by atoms with Gasteiger partial charge < -0.3 is 15.2 Å². The minimum atomic E-state index is -0.784. The Hall–Kier alpha value is -1.20. The molecular weight excluding hydrogens is 238 g/mol. The van der Waals surface area contributed by atoms with E-state index in [1.807, 2.05) is 24.5 Å². The lowest BCUT2D eigenvalue weighted by atomic mass is 10.2. The second-order valence-electron chi connectivity index (χ2n) is 3.51. The van der Waals surface area contributed by atoms with Crippen molar-refractivity contribution in [3.05, 3.63) is 23.8 Å². The lowest BCUT2D eigenvalue weighted by Gasteiger charge is -2.09. The average Bonchev–Trinajstić information content (AvgIpc) is 2.34. The molecule has 0 aliphatic rings. The smallest absolute Gasteiger partial charge is 0.304 e. The third-order valence-corrected chi connectivity index (χ3v) is 3.07. The van der Waals surface area contributed by atoms with Crippen molar-refractivity contribution < 1.29 is 14.6 Å². The second-order valence-corrected chi connectivity index (χ2v) is 4.36. The van der Waals surface area contributed by atoms with E-state index >= 15 is 0 Å². The normalized spacial score (nSPS) is 10.2. The van der Waals surface area contributed by atoms with E-state index in [2.05, 4.69) is 5.32 Å². The molecule has 0 aromatic heterocycles. The number of hydrogen-bond acceptors (Lipinski definition) is 4. The Bertz CT molecular complexity index is 382. The van der Waals surface area contributed by atoms with E-state index in [9.17, 15) is 4.79 Å². The van der Waals surface area contributed by atoms with Crippen LogP contribution < -0.4 is 10.1 Å². The molecular formula is C12H17NO3S. The summed E-state index contributed by atoms with van der Waals surface area (Å²) in [7, 11) is 1.65. The molecule has 0 bridgehead atoms. The average molecular weight is 255 g/mol. The lowest BCUT2D eigenvalue weighted by molar-refractivity contribution is -0.136. The van der Waals surface area contributed by atoms with Crippen LogP contribution in [0.4, 0.5) is 0 Å². The first-order valence-electron chi connectivity index (χ1n) is 5.30. The molecule has 0 atom stereocenters. The van der Waals surface area contributed by atoms with Gasteiger partial charge in [-0.3, -0.25) is 4.79 Å². The van der Waals surface area contributed by atoms with Gasteiger partial charge in [-0.1, -0.05) is 6.07 Å². The fourth-order valence-electron chi connectivity index (χ4n) is 1.42. The van der Waals surface area contributed by atoms with E-state index in [0.717, 1.165) is 16.2 Å². The van der Waals surface area contributed by atoms with Gasteiger partial charge in [0, 0.05) is 18.0 Å². The Balaban J connectivity index is 2.51. The van der Waals surface area contributed by atoms with Crippen LogP contribution in [0.15, 0.2) is 23.1 Å². The van der Waals surface area contributed by atoms with Crippen molar-refractivity contribution in [1.82, 2.24) is 5.32 Å². The number of hydrogen-bond donors (Lipinski definition) is 2. The van der Waals surface area contributed by atoms with Crippen LogP contribution in [-0.2, 0) is 11.3 Å². The second kappa shape index (κ2) is 7.19. The molecule has 4 nitrogen and oxygen atoms in total. The topological polar surface area (TPSA) is 58.6 Å². The molecule has 0 heterocycles. The maximum Gasteiger partial charge on any atom is 0.304 e. The first-order valence-corrected chi connectivity index (χ1v) is 6.53. The van der Waals surface area contributed by atoms with Gasteiger partial charge in [0.1, 0.15) is 5.75 Å². The monoisotopic (exact) mass is 255 g/mol. The standard InChI is InChI=1S/C12H17NO3S/c1-16-10-7-9(3-4-11(10)17-2)8-13-6-5-12(14)15/h3-4,7,13H,5-6,8H2,1-2H3,(H,14,15). The van der Waals surface area contributed by atoms with Crippen molar-refractivity contribution in [3.63, 3.8) is 0 Å². The highest BCUT2D eigenvalue weighted by Gasteiger charge is 2.03. The molecule has 5 heteroatoms. The fourth-order valence-corrected chi connectivity index (χ4v) is 1.97. The number of nitrogens with one attached hydrogen (secondary N) is 1. The van der Waals surface area contributed by atoms with Crippen LogP contribution in [0.1, 0.15) is 12.0 Å². The van der Waals surface area contributed by atoms with Gasteiger partial charge >= 0.3 is 5.97 Å². The van der Waals surface area contributed by atoms with Gasteiger partial charge in [0.25, 0.3) is 0 Å². The fraction of sp³-hybridized carbons (Fsp3) is 0.417. The summed E-state index contributed by atoms with van der Waals surface area (Å²) < 4.78 is 5.28. The summed E-state index contributed by atoms with van der Waals surface area (Å²) in [5, 5.41) is 11.6. The molecule has 0 saturated heterocycles. The highest BCUT2D eigenvalue weighted by atomic mass is 32.2. The van der Waals surface area contributed by atoms with Crippen LogP contribution in [0.3, 0.4) is 0 Å². The molecule has 0 aliphatic carbocycles. The first-order chi connectivity index (χ1) is 8.17. The molecule has 0 fully saturated rings. The summed E-state index contributed by atoms with van der Waals surface area (Å²) in [5.74, 6) is 0.0721. The van der Waals surface area contributed by atoms with Crippen molar-refractivity contribution in [3.8, 4) is 5.75 Å². The molecule has 0 spiro atoms. The van der Waals surface area contributed by atoms with Crippen LogP contribution in [0.2, 0.25) is 0 Å². The largest absolute Gasteiger partial charge is 0.496 e. The molecule has 1 rings (SSSR count). The van der Waals surface area contributed by atoms with Crippen molar-refractivity contribution >= 4 is 17.7 Å². The van der Waals surface area contributed by atoms with Gasteiger partial charge in [-0.15, -0.1) is 11.8 Å². The third-order valence-electron chi connectivity index (χ3n) is 2.29. The van der Waals surface area contributed by atoms with E-state index in [1.54, 1.807) is 18.9 Å². The molecule has 0 amide bonds. The van der Waals surface area contributed by atoms with E-state index < -0.39 is 5.97 Å². The molecule has 2 N–H and O–H groups in total. The number of thioether (sulfide) groups is 1. The summed E-state index contributed by atoms with van der Waals surface area (Å²) in [6.45, 7) is 1.13. The number of carboxylic acids is 1. The predicted octanol–water partition coefficient (Wildman–Crippen LogP) is 1.98. The molecule has 0 unspecified atom stereocenters. The quantitative estimate of drug-likeness (QED) is 0.576. The SMILES string of the molecule is COc1cc(CNCCC(=O)O)ccc1SC. The summed E-state index contributed by atoms with van der Waals surface area (Å²) in [5.41, 5.74) is 1.09. The molecule has 1 aromatic carbocycles. The molecule has 0 aliphatic heterocycles. The van der Waals surface area contributed by atoms with Gasteiger partial charge in [0.2, 0.25) is 0 Å². The minimum Gasteiger partial charge on any atom is -0.496 e. The van der Waals surface area contributed by atoms with E-state index in [1.165, 1.54) is 0 Å². The zero-order chi connectivity index (χ0) is 12.7. The minimum absolute atomic E-state index is 0.139. The number of aliphatic carboxylic acids is 1. The number of rotatable bonds is 7. The highest BCUT2D eigenvalue weighted by molar-refractivity contribution is 7.98. The maximum absolute atomic E-state index is 10.3. The lowest BCUT2D eigenvalue weighted by Crippen LogP contribution is -2.17. The highest BCUT2D eigenvalue weighted by Crippen LogP contribution is 2.28. The van der Waals surface area contributed by atoms with Gasteiger partial charge in [-0.25, -0.2) is 0 Å². The van der Waals surface area contributed by atoms with E-state index in [0.29, 0.717) is 13.1 Å². The Kier molecular flexibility index (Phi) is 5.86. The molecule has 0 radical (unpaired) electrons. The molecule has 1 aromatic rings. The van der Waals surface area contributed by atoms with Crippen LogP contribution in [0.25, 0.3) is 0 Å². The number of benzene rings is 1. The van der Waals surface area contributed by atoms with Crippen LogP contribution in [0.5, 0.6) is 5.75 Å². The summed E-state index contributed by atoms with van der Waals surface area (Å²) in [6, 6.07) is 6.00. The summed E-state index contributed by atoms with van der Waals surface area (Å²) in [6.07, 6.45) is 2.14. The van der Waals surface area contributed by atoms with Crippen molar-refractivity contribution in [2.24, 2.45) is 0 Å². The Morgan fingerprint density at radius 3 is 2.88 bits per heavy atom. The van der Waals surface area contributed by atoms with Crippen LogP contribution in [-0.4, -0.2) is 31.0 Å². The summed E-state index contributed by atoms with van der Waals surface area (Å²) >= 11 is 1.64. The molecule has 17 heavy (non-hydrogen) atoms. The summed E-state index contributed by atoms with van der Waals surface area (Å²) in [4.78, 5) is 11.4. The Labute approximate surface area is 105 Å². The van der Waals surface area contributed by atoms with Crippen LogP contribution in [0, 0.1) is 0 Å². The van der Waals surface area contributed by atoms with Gasteiger partial charge in [0.05, 0.1) is 13.5 Å². The zero-order valence-corrected chi connectivity index (χ0v) is 10.8. The van der Waals surface area contributed by atoms with Crippen LogP contribution >= 0.6 is 11.8 Å². The molecule has 94 valence electrons. The Morgan fingerprint density at radius 1 is 1.53 bits per heavy atom. The van der Waals surface area contributed by atoms with Gasteiger partial charge in [-0.2, -0.15) is 0 Å². The number of carbonyl (C=O) groups is 1. The van der Waals surface area contributed by atoms with E-state index in [4.69, 9.17) is 9.84 Å².